The Bertz CT molecular complexity index is 863. The molecule has 0 spiro atoms. The fraction of sp³-hybridized carbons (Fsp3) is 0.522. The second-order valence-electron chi connectivity index (χ2n) is 8.30. The molecule has 1 aromatic rings. The van der Waals surface area contributed by atoms with Gasteiger partial charge in [-0.3, -0.25) is 24.0 Å². The number of carboxylic acid groups (broad SMARTS) is 1. The van der Waals surface area contributed by atoms with E-state index < -0.39 is 53.8 Å². The fourth-order valence-electron chi connectivity index (χ4n) is 3.09. The van der Waals surface area contributed by atoms with E-state index in [2.05, 4.69) is 16.0 Å². The summed E-state index contributed by atoms with van der Waals surface area (Å²) in [5.74, 6) is -4.00. The van der Waals surface area contributed by atoms with E-state index in [0.29, 0.717) is 6.42 Å². The molecule has 0 fully saturated rings. The third-order valence-corrected chi connectivity index (χ3v) is 5.48. The predicted molar refractivity (Wildman–Crippen MR) is 125 cm³/mol. The molecule has 0 saturated heterocycles. The van der Waals surface area contributed by atoms with E-state index in [0.717, 1.165) is 5.56 Å². The Morgan fingerprint density at radius 1 is 0.941 bits per heavy atom. The third-order valence-electron chi connectivity index (χ3n) is 5.48. The lowest BCUT2D eigenvalue weighted by molar-refractivity contribution is -0.141. The van der Waals surface area contributed by atoms with Gasteiger partial charge in [0.05, 0.1) is 6.04 Å². The molecule has 0 saturated carbocycles. The summed E-state index contributed by atoms with van der Waals surface area (Å²) in [6.07, 6.45) is 0.614. The van der Waals surface area contributed by atoms with Crippen LogP contribution < -0.4 is 27.4 Å². The first-order chi connectivity index (χ1) is 16.0. The molecule has 1 aromatic carbocycles. The summed E-state index contributed by atoms with van der Waals surface area (Å²) in [5.41, 5.74) is 11.7. The van der Waals surface area contributed by atoms with Gasteiger partial charge in [0, 0.05) is 12.8 Å². The van der Waals surface area contributed by atoms with Crippen LogP contribution >= 0.6 is 0 Å². The number of hydrogen-bond acceptors (Lipinski definition) is 6. The van der Waals surface area contributed by atoms with Crippen molar-refractivity contribution in [3.05, 3.63) is 35.9 Å². The van der Waals surface area contributed by atoms with Gasteiger partial charge in [0.15, 0.2) is 0 Å². The lowest BCUT2D eigenvalue weighted by atomic mass is 9.96. The molecular weight excluding hydrogens is 442 g/mol. The summed E-state index contributed by atoms with van der Waals surface area (Å²) in [6, 6.07) is 4.65. The highest BCUT2D eigenvalue weighted by Gasteiger charge is 2.32. The first kappa shape index (κ1) is 28.6. The van der Waals surface area contributed by atoms with Gasteiger partial charge < -0.3 is 32.5 Å². The minimum atomic E-state index is -1.21. The molecular formula is C23H35N5O6. The van der Waals surface area contributed by atoms with Gasteiger partial charge in [-0.2, -0.15) is 0 Å². The number of benzene rings is 1. The van der Waals surface area contributed by atoms with Crippen LogP contribution in [-0.4, -0.2) is 58.9 Å². The van der Waals surface area contributed by atoms with Crippen LogP contribution in [0.3, 0.4) is 0 Å². The largest absolute Gasteiger partial charge is 0.480 e. The summed E-state index contributed by atoms with van der Waals surface area (Å²) in [7, 11) is 0. The number of nitrogens with one attached hydrogen (secondary N) is 3. The van der Waals surface area contributed by atoms with Crippen LogP contribution in [0.5, 0.6) is 0 Å². The standard InChI is InChI=1S/C23H35N5O6/c1-4-13(2)19(28-20(30)16(24)10-11-18(25)29)22(32)27-17(12-15-8-6-5-7-9-15)21(31)26-14(3)23(33)34/h5-9,13-14,16-17,19H,4,10-12,24H2,1-3H3,(H2,25,29)(H,26,31)(H,27,32)(H,28,30)(H,33,34). The number of primary amides is 1. The highest BCUT2D eigenvalue weighted by atomic mass is 16.4. The number of carbonyl (C=O) groups is 5. The van der Waals surface area contributed by atoms with Crippen LogP contribution in [0, 0.1) is 5.92 Å². The van der Waals surface area contributed by atoms with E-state index >= 15 is 0 Å². The molecule has 8 N–H and O–H groups in total. The number of aliphatic carboxylic acids is 1. The lowest BCUT2D eigenvalue weighted by Crippen LogP contribution is -2.59. The molecule has 34 heavy (non-hydrogen) atoms. The maximum Gasteiger partial charge on any atom is 0.325 e. The molecule has 4 amide bonds. The van der Waals surface area contributed by atoms with E-state index in [1.165, 1.54) is 6.92 Å². The summed E-state index contributed by atoms with van der Waals surface area (Å²) < 4.78 is 0. The zero-order valence-electron chi connectivity index (χ0n) is 19.7. The number of rotatable bonds is 14. The first-order valence-electron chi connectivity index (χ1n) is 11.2. The maximum atomic E-state index is 13.2. The second kappa shape index (κ2) is 13.9. The van der Waals surface area contributed by atoms with Gasteiger partial charge in [0.25, 0.3) is 0 Å². The molecule has 0 aliphatic rings. The van der Waals surface area contributed by atoms with Gasteiger partial charge in [0.2, 0.25) is 23.6 Å². The van der Waals surface area contributed by atoms with Crippen molar-refractivity contribution in [1.82, 2.24) is 16.0 Å². The number of nitrogens with two attached hydrogens (primary N) is 2. The number of hydrogen-bond donors (Lipinski definition) is 6. The van der Waals surface area contributed by atoms with Gasteiger partial charge in [-0.15, -0.1) is 0 Å². The van der Waals surface area contributed by atoms with Crippen molar-refractivity contribution in [2.45, 2.75) is 70.6 Å². The van der Waals surface area contributed by atoms with Crippen molar-refractivity contribution in [1.29, 1.82) is 0 Å². The average molecular weight is 478 g/mol. The molecule has 0 aliphatic heterocycles. The summed E-state index contributed by atoms with van der Waals surface area (Å²) in [4.78, 5) is 60.6. The summed E-state index contributed by atoms with van der Waals surface area (Å²) >= 11 is 0. The van der Waals surface area contributed by atoms with Crippen molar-refractivity contribution in [3.63, 3.8) is 0 Å². The number of carboxylic acids is 1. The van der Waals surface area contributed by atoms with Gasteiger partial charge >= 0.3 is 5.97 Å². The monoisotopic (exact) mass is 477 g/mol. The Kier molecular flexibility index (Phi) is 11.7. The molecule has 188 valence electrons. The Balaban J connectivity index is 3.04. The lowest BCUT2D eigenvalue weighted by Gasteiger charge is -2.27. The second-order valence-corrected chi connectivity index (χ2v) is 8.30. The Hall–Kier alpha value is -3.47. The molecule has 11 nitrogen and oxygen atoms in total. The fourth-order valence-corrected chi connectivity index (χ4v) is 3.09. The molecule has 1 rings (SSSR count). The Morgan fingerprint density at radius 3 is 2.09 bits per heavy atom. The molecule has 0 aliphatic carbocycles. The molecule has 0 aromatic heterocycles. The minimum absolute atomic E-state index is 0.0299. The van der Waals surface area contributed by atoms with Crippen molar-refractivity contribution in [2.24, 2.45) is 17.4 Å². The summed E-state index contributed by atoms with van der Waals surface area (Å²) in [6.45, 7) is 4.92. The zero-order valence-corrected chi connectivity index (χ0v) is 19.7. The quantitative estimate of drug-likeness (QED) is 0.206. The van der Waals surface area contributed by atoms with Crippen LogP contribution in [-0.2, 0) is 30.4 Å². The zero-order chi connectivity index (χ0) is 25.8. The Labute approximate surface area is 199 Å². The van der Waals surface area contributed by atoms with Crippen LogP contribution in [0.4, 0.5) is 0 Å². The van der Waals surface area contributed by atoms with E-state index in [4.69, 9.17) is 16.6 Å². The van der Waals surface area contributed by atoms with Crippen molar-refractivity contribution < 1.29 is 29.1 Å². The smallest absolute Gasteiger partial charge is 0.325 e. The van der Waals surface area contributed by atoms with E-state index in [9.17, 15) is 24.0 Å². The molecule has 0 heterocycles. The van der Waals surface area contributed by atoms with Crippen LogP contribution in [0.2, 0.25) is 0 Å². The first-order valence-corrected chi connectivity index (χ1v) is 11.2. The highest BCUT2D eigenvalue weighted by molar-refractivity contribution is 5.94. The SMILES string of the molecule is CCC(C)C(NC(=O)C(N)CCC(N)=O)C(=O)NC(Cc1ccccc1)C(=O)NC(C)C(=O)O. The van der Waals surface area contributed by atoms with Crippen molar-refractivity contribution in [3.8, 4) is 0 Å². The molecule has 0 bridgehead atoms. The molecule has 5 unspecified atom stereocenters. The minimum Gasteiger partial charge on any atom is -0.480 e. The van der Waals surface area contributed by atoms with E-state index in [-0.39, 0.29) is 25.2 Å². The van der Waals surface area contributed by atoms with E-state index in [1.54, 1.807) is 37.3 Å². The number of carbonyl (C=O) groups excluding carboxylic acids is 4. The van der Waals surface area contributed by atoms with Crippen LogP contribution in [0.1, 0.15) is 45.6 Å². The topological polar surface area (TPSA) is 194 Å². The number of amides is 4. The van der Waals surface area contributed by atoms with Gasteiger partial charge in [0.1, 0.15) is 18.1 Å². The maximum absolute atomic E-state index is 13.2. The third kappa shape index (κ3) is 9.57. The van der Waals surface area contributed by atoms with Crippen LogP contribution in [0.15, 0.2) is 30.3 Å². The van der Waals surface area contributed by atoms with Crippen molar-refractivity contribution in [2.75, 3.05) is 0 Å². The van der Waals surface area contributed by atoms with Gasteiger partial charge in [-0.1, -0.05) is 50.6 Å². The van der Waals surface area contributed by atoms with Crippen molar-refractivity contribution >= 4 is 29.6 Å². The summed E-state index contributed by atoms with van der Waals surface area (Å²) in [5, 5.41) is 16.7. The molecule has 5 atom stereocenters. The average Bonchev–Trinajstić information content (AvgIpc) is 2.80. The molecule has 11 heteroatoms. The normalized spacial score (nSPS) is 15.2. The Morgan fingerprint density at radius 2 is 1.56 bits per heavy atom. The molecule has 0 radical (unpaired) electrons. The van der Waals surface area contributed by atoms with Gasteiger partial charge in [-0.25, -0.2) is 0 Å². The van der Waals surface area contributed by atoms with Crippen LogP contribution in [0.25, 0.3) is 0 Å². The highest BCUT2D eigenvalue weighted by Crippen LogP contribution is 2.11. The van der Waals surface area contributed by atoms with E-state index in [1.807, 2.05) is 6.92 Å². The predicted octanol–water partition coefficient (Wildman–Crippen LogP) is -0.573. The van der Waals surface area contributed by atoms with Gasteiger partial charge in [-0.05, 0) is 24.8 Å².